The summed E-state index contributed by atoms with van der Waals surface area (Å²) in [6.45, 7) is 1.80. The quantitative estimate of drug-likeness (QED) is 0.814. The molecule has 1 amide bonds. The number of carbonyl (C=O) groups excluding carboxylic acids is 1. The number of nitrogens with one attached hydrogen (secondary N) is 1. The van der Waals surface area contributed by atoms with Crippen LogP contribution in [-0.4, -0.2) is 16.4 Å². The molecule has 4 nitrogen and oxygen atoms in total. The van der Waals surface area contributed by atoms with Crippen LogP contribution in [0.4, 0.5) is 5.69 Å². The molecule has 1 fully saturated rings. The predicted molar refractivity (Wildman–Crippen MR) is 68.4 cm³/mol. The van der Waals surface area contributed by atoms with Crippen LogP contribution in [-0.2, 0) is 4.79 Å². The van der Waals surface area contributed by atoms with E-state index in [1.54, 1.807) is 13.0 Å². The van der Waals surface area contributed by atoms with Gasteiger partial charge in [-0.25, -0.2) is 4.98 Å². The Bertz CT molecular complexity index is 449. The number of pyridine rings is 1. The maximum atomic E-state index is 12.0. The van der Waals surface area contributed by atoms with Gasteiger partial charge >= 0.3 is 0 Å². The molecule has 1 saturated carbocycles. The highest BCUT2D eigenvalue weighted by Gasteiger charge is 2.40. The summed E-state index contributed by atoms with van der Waals surface area (Å²) in [7, 11) is 0. The molecule has 0 atom stereocenters. The maximum absolute atomic E-state index is 12.0. The third kappa shape index (κ3) is 2.39. The van der Waals surface area contributed by atoms with Crippen LogP contribution in [0.2, 0.25) is 10.3 Å². The molecule has 2 rings (SSSR count). The van der Waals surface area contributed by atoms with E-state index >= 15 is 0 Å². The molecule has 1 aromatic heterocycles. The SMILES string of the molecule is Cc1cc(Cl)nc(Cl)c1NC(=O)C1(N)CCC1. The highest BCUT2D eigenvalue weighted by Crippen LogP contribution is 2.32. The number of nitrogens with two attached hydrogens (primary N) is 1. The zero-order valence-electron chi connectivity index (χ0n) is 9.39. The largest absolute Gasteiger partial charge is 0.322 e. The van der Waals surface area contributed by atoms with E-state index in [4.69, 9.17) is 28.9 Å². The second-order valence-electron chi connectivity index (χ2n) is 4.39. The molecule has 3 N–H and O–H groups in total. The van der Waals surface area contributed by atoms with Gasteiger partial charge in [-0.1, -0.05) is 23.2 Å². The molecule has 0 spiro atoms. The first kappa shape index (κ1) is 12.6. The van der Waals surface area contributed by atoms with Crippen LogP contribution < -0.4 is 11.1 Å². The molecule has 1 aliphatic carbocycles. The van der Waals surface area contributed by atoms with Gasteiger partial charge in [0.25, 0.3) is 0 Å². The smallest absolute Gasteiger partial charge is 0.244 e. The van der Waals surface area contributed by atoms with Crippen molar-refractivity contribution in [2.45, 2.75) is 31.7 Å². The van der Waals surface area contributed by atoms with E-state index in [9.17, 15) is 4.79 Å². The van der Waals surface area contributed by atoms with E-state index in [2.05, 4.69) is 10.3 Å². The fraction of sp³-hybridized carbons (Fsp3) is 0.455. The van der Waals surface area contributed by atoms with Crippen LogP contribution in [0, 0.1) is 6.92 Å². The Labute approximate surface area is 109 Å². The van der Waals surface area contributed by atoms with Gasteiger partial charge < -0.3 is 11.1 Å². The molecule has 6 heteroatoms. The van der Waals surface area contributed by atoms with Gasteiger partial charge in [-0.15, -0.1) is 0 Å². The van der Waals surface area contributed by atoms with Gasteiger partial charge in [0.2, 0.25) is 5.91 Å². The lowest BCUT2D eigenvalue weighted by Crippen LogP contribution is -2.56. The van der Waals surface area contributed by atoms with Crippen molar-refractivity contribution in [3.63, 3.8) is 0 Å². The third-order valence-corrected chi connectivity index (χ3v) is 3.54. The van der Waals surface area contributed by atoms with Crippen molar-refractivity contribution in [3.05, 3.63) is 21.9 Å². The summed E-state index contributed by atoms with van der Waals surface area (Å²) >= 11 is 11.7. The molecule has 1 aliphatic rings. The number of aryl methyl sites for hydroxylation is 1. The number of halogens is 2. The normalized spacial score (nSPS) is 17.4. The van der Waals surface area contributed by atoms with Crippen molar-refractivity contribution < 1.29 is 4.79 Å². The molecule has 17 heavy (non-hydrogen) atoms. The summed E-state index contributed by atoms with van der Waals surface area (Å²) in [5.74, 6) is -0.210. The Morgan fingerprint density at radius 2 is 2.18 bits per heavy atom. The van der Waals surface area contributed by atoms with E-state index < -0.39 is 5.54 Å². The number of hydrogen-bond acceptors (Lipinski definition) is 3. The fourth-order valence-electron chi connectivity index (χ4n) is 1.77. The lowest BCUT2D eigenvalue weighted by atomic mass is 9.77. The van der Waals surface area contributed by atoms with Crippen molar-refractivity contribution >= 4 is 34.8 Å². The summed E-state index contributed by atoms with van der Waals surface area (Å²) in [5, 5.41) is 3.22. The number of carbonyl (C=O) groups is 1. The Morgan fingerprint density at radius 3 is 2.65 bits per heavy atom. The van der Waals surface area contributed by atoms with Crippen LogP contribution in [0.1, 0.15) is 24.8 Å². The monoisotopic (exact) mass is 273 g/mol. The summed E-state index contributed by atoms with van der Waals surface area (Å²) in [4.78, 5) is 15.8. The van der Waals surface area contributed by atoms with Crippen LogP contribution in [0.25, 0.3) is 0 Å². The minimum Gasteiger partial charge on any atom is -0.322 e. The molecule has 0 unspecified atom stereocenters. The first-order valence-electron chi connectivity index (χ1n) is 5.35. The molecule has 0 radical (unpaired) electrons. The van der Waals surface area contributed by atoms with Crippen LogP contribution in [0.5, 0.6) is 0 Å². The topological polar surface area (TPSA) is 68.0 Å². The maximum Gasteiger partial charge on any atom is 0.244 e. The number of nitrogens with zero attached hydrogens (tertiary/aromatic N) is 1. The highest BCUT2D eigenvalue weighted by atomic mass is 35.5. The second kappa shape index (κ2) is 4.44. The lowest BCUT2D eigenvalue weighted by molar-refractivity contribution is -0.123. The van der Waals surface area contributed by atoms with Gasteiger partial charge in [0.1, 0.15) is 5.15 Å². The minimum absolute atomic E-state index is 0.186. The van der Waals surface area contributed by atoms with E-state index in [1.165, 1.54) is 0 Å². The molecule has 0 bridgehead atoms. The first-order chi connectivity index (χ1) is 7.92. The van der Waals surface area contributed by atoms with E-state index in [0.29, 0.717) is 23.7 Å². The summed E-state index contributed by atoms with van der Waals surface area (Å²) in [5.41, 5.74) is 6.42. The fourth-order valence-corrected chi connectivity index (χ4v) is 2.35. The molecule has 0 saturated heterocycles. The Morgan fingerprint density at radius 1 is 1.53 bits per heavy atom. The van der Waals surface area contributed by atoms with Gasteiger partial charge in [-0.05, 0) is 37.8 Å². The molecule has 0 aliphatic heterocycles. The number of anilines is 1. The van der Waals surface area contributed by atoms with Crippen LogP contribution >= 0.6 is 23.2 Å². The Balaban J connectivity index is 2.21. The average molecular weight is 274 g/mol. The van der Waals surface area contributed by atoms with Gasteiger partial charge in [-0.3, -0.25) is 4.79 Å². The minimum atomic E-state index is -0.755. The van der Waals surface area contributed by atoms with Crippen LogP contribution in [0.3, 0.4) is 0 Å². The molecule has 1 heterocycles. The van der Waals surface area contributed by atoms with Gasteiger partial charge in [0.15, 0.2) is 5.15 Å². The van der Waals surface area contributed by atoms with Crippen molar-refractivity contribution in [1.29, 1.82) is 0 Å². The van der Waals surface area contributed by atoms with E-state index in [0.717, 1.165) is 12.0 Å². The molecule has 0 aromatic carbocycles. The van der Waals surface area contributed by atoms with Crippen molar-refractivity contribution in [2.75, 3.05) is 5.32 Å². The number of rotatable bonds is 2. The number of amides is 1. The summed E-state index contributed by atoms with van der Waals surface area (Å²) in [6.07, 6.45) is 2.39. The standard InChI is InChI=1S/C11H13Cl2N3O/c1-6-5-7(12)15-9(13)8(6)16-10(17)11(14)3-2-4-11/h5H,2-4,14H2,1H3,(H,16,17). The average Bonchev–Trinajstić information content (AvgIpc) is 2.19. The Kier molecular flexibility index (Phi) is 3.30. The molecular formula is C11H13Cl2N3O. The molecule has 92 valence electrons. The first-order valence-corrected chi connectivity index (χ1v) is 6.11. The van der Waals surface area contributed by atoms with Gasteiger partial charge in [0, 0.05) is 0 Å². The summed E-state index contributed by atoms with van der Waals surface area (Å²) < 4.78 is 0. The third-order valence-electron chi connectivity index (χ3n) is 3.08. The number of hydrogen-bond donors (Lipinski definition) is 2. The highest BCUT2D eigenvalue weighted by molar-refractivity contribution is 6.34. The van der Waals surface area contributed by atoms with Crippen molar-refractivity contribution in [1.82, 2.24) is 4.98 Å². The lowest BCUT2D eigenvalue weighted by Gasteiger charge is -2.36. The van der Waals surface area contributed by atoms with E-state index in [1.807, 2.05) is 0 Å². The summed E-state index contributed by atoms with van der Waals surface area (Å²) in [6, 6.07) is 1.65. The van der Waals surface area contributed by atoms with Crippen LogP contribution in [0.15, 0.2) is 6.07 Å². The van der Waals surface area contributed by atoms with Crippen molar-refractivity contribution in [2.24, 2.45) is 5.73 Å². The predicted octanol–water partition coefficient (Wildman–Crippen LogP) is 2.52. The molecule has 1 aromatic rings. The molecular weight excluding hydrogens is 261 g/mol. The van der Waals surface area contributed by atoms with Gasteiger partial charge in [-0.2, -0.15) is 0 Å². The van der Waals surface area contributed by atoms with Crippen molar-refractivity contribution in [3.8, 4) is 0 Å². The number of aromatic nitrogens is 1. The van der Waals surface area contributed by atoms with E-state index in [-0.39, 0.29) is 11.1 Å². The Hall–Kier alpha value is -0.840. The zero-order valence-corrected chi connectivity index (χ0v) is 10.9. The van der Waals surface area contributed by atoms with Gasteiger partial charge in [0.05, 0.1) is 11.2 Å². The second-order valence-corrected chi connectivity index (χ2v) is 5.14. The zero-order chi connectivity index (χ0) is 12.6.